The van der Waals surface area contributed by atoms with Gasteiger partial charge in [0.1, 0.15) is 27.8 Å². The van der Waals surface area contributed by atoms with Gasteiger partial charge in [0.25, 0.3) is 0 Å². The summed E-state index contributed by atoms with van der Waals surface area (Å²) >= 11 is 0.939. The highest BCUT2D eigenvalue weighted by atomic mass is 32.2. The van der Waals surface area contributed by atoms with Crippen LogP contribution >= 0.6 is 11.7 Å². The molecular formula is C18H17FN4O3S2. The average molecular weight is 420 g/mol. The van der Waals surface area contributed by atoms with E-state index in [2.05, 4.69) is 14.1 Å². The number of aryl methyl sites for hydroxylation is 1. The van der Waals surface area contributed by atoms with Crippen LogP contribution in [-0.4, -0.2) is 40.0 Å². The lowest BCUT2D eigenvalue weighted by molar-refractivity contribution is -0.119. The number of hydrogen-bond donors (Lipinski definition) is 1. The molecule has 28 heavy (non-hydrogen) atoms. The Morgan fingerprint density at radius 2 is 2.11 bits per heavy atom. The van der Waals surface area contributed by atoms with Gasteiger partial charge in [0.05, 0.1) is 11.7 Å². The molecule has 0 spiro atoms. The Morgan fingerprint density at radius 1 is 1.29 bits per heavy atom. The van der Waals surface area contributed by atoms with Crippen LogP contribution in [0, 0.1) is 12.7 Å². The number of nitrogens with one attached hydrogen (secondary N) is 1. The number of carbonyl (C=O) groups excluding carboxylic acids is 1. The molecule has 3 aromatic rings. The third-order valence-electron chi connectivity index (χ3n) is 4.78. The quantitative estimate of drug-likeness (QED) is 0.701. The van der Waals surface area contributed by atoms with Gasteiger partial charge in [-0.3, -0.25) is 4.79 Å². The summed E-state index contributed by atoms with van der Waals surface area (Å²) in [5, 5.41) is 2.63. The number of carbonyl (C=O) groups is 1. The summed E-state index contributed by atoms with van der Waals surface area (Å²) in [6.07, 6.45) is 0.954. The molecule has 1 N–H and O–H groups in total. The molecular weight excluding hydrogens is 403 g/mol. The van der Waals surface area contributed by atoms with Gasteiger partial charge in [-0.1, -0.05) is 12.1 Å². The largest absolute Gasteiger partial charge is 0.325 e. The summed E-state index contributed by atoms with van der Waals surface area (Å²) in [6.45, 7) is 1.86. The van der Waals surface area contributed by atoms with E-state index in [1.807, 2.05) is 0 Å². The van der Waals surface area contributed by atoms with Crippen molar-refractivity contribution in [1.82, 2.24) is 13.1 Å². The second-order valence-electron chi connectivity index (χ2n) is 6.62. The topological polar surface area (TPSA) is 92.3 Å². The van der Waals surface area contributed by atoms with E-state index < -0.39 is 27.8 Å². The predicted molar refractivity (Wildman–Crippen MR) is 104 cm³/mol. The first-order valence-corrected chi connectivity index (χ1v) is 10.8. The van der Waals surface area contributed by atoms with E-state index in [1.54, 1.807) is 31.2 Å². The van der Waals surface area contributed by atoms with Crippen molar-refractivity contribution in [3.63, 3.8) is 0 Å². The van der Waals surface area contributed by atoms with Gasteiger partial charge in [-0.25, -0.2) is 12.8 Å². The third-order valence-corrected chi connectivity index (χ3v) is 7.26. The van der Waals surface area contributed by atoms with Crippen molar-refractivity contribution in [3.05, 3.63) is 47.8 Å². The second-order valence-corrected chi connectivity index (χ2v) is 9.00. The Labute approximate surface area is 165 Å². The van der Waals surface area contributed by atoms with Gasteiger partial charge >= 0.3 is 0 Å². The SMILES string of the molecule is Cc1ccc(NC(=O)C2CCCN2S(=O)(=O)c2cccc3nsnc23)cc1F. The van der Waals surface area contributed by atoms with Crippen LogP contribution in [0.25, 0.3) is 11.0 Å². The van der Waals surface area contributed by atoms with Crippen LogP contribution < -0.4 is 5.32 Å². The van der Waals surface area contributed by atoms with E-state index in [4.69, 9.17) is 0 Å². The number of nitrogens with zero attached hydrogens (tertiary/aromatic N) is 3. The van der Waals surface area contributed by atoms with Gasteiger partial charge < -0.3 is 5.32 Å². The zero-order valence-electron chi connectivity index (χ0n) is 14.9. The highest BCUT2D eigenvalue weighted by Gasteiger charge is 2.40. The molecule has 1 aromatic heterocycles. The standard InChI is InChI=1S/C18H17FN4O3S2/c1-11-7-8-12(10-13(11)19)20-18(24)15-5-3-9-23(15)28(25,26)16-6-2-4-14-17(16)22-27-21-14/h2,4,6-8,10,15H,3,5,9H2,1H3,(H,20,24). The molecule has 146 valence electrons. The first kappa shape index (κ1) is 18.9. The number of hydrogen-bond acceptors (Lipinski definition) is 6. The number of halogens is 1. The fourth-order valence-corrected chi connectivity index (χ4v) is 5.71. The lowest BCUT2D eigenvalue weighted by Gasteiger charge is -2.23. The molecule has 1 amide bonds. The molecule has 1 saturated heterocycles. The lowest BCUT2D eigenvalue weighted by Crippen LogP contribution is -2.43. The minimum Gasteiger partial charge on any atom is -0.325 e. The molecule has 4 rings (SSSR count). The van der Waals surface area contributed by atoms with Crippen molar-refractivity contribution >= 4 is 44.4 Å². The monoisotopic (exact) mass is 420 g/mol. The smallest absolute Gasteiger partial charge is 0.246 e. The van der Waals surface area contributed by atoms with E-state index in [0.717, 1.165) is 11.7 Å². The molecule has 0 radical (unpaired) electrons. The molecule has 1 fully saturated rings. The Balaban J connectivity index is 1.63. The molecule has 0 aliphatic carbocycles. The fourth-order valence-electron chi connectivity index (χ4n) is 3.30. The van der Waals surface area contributed by atoms with Crippen LogP contribution in [0.5, 0.6) is 0 Å². The highest BCUT2D eigenvalue weighted by molar-refractivity contribution is 7.89. The summed E-state index contributed by atoms with van der Waals surface area (Å²) in [5.74, 6) is -0.913. The summed E-state index contributed by atoms with van der Waals surface area (Å²) < 4.78 is 49.6. The zero-order valence-corrected chi connectivity index (χ0v) is 16.6. The van der Waals surface area contributed by atoms with E-state index in [-0.39, 0.29) is 11.4 Å². The van der Waals surface area contributed by atoms with Crippen LogP contribution in [0.15, 0.2) is 41.3 Å². The van der Waals surface area contributed by atoms with Crippen LogP contribution in [0.1, 0.15) is 18.4 Å². The second kappa shape index (κ2) is 7.19. The van der Waals surface area contributed by atoms with E-state index in [1.165, 1.54) is 16.4 Å². The summed E-state index contributed by atoms with van der Waals surface area (Å²) in [5.41, 5.74) is 1.57. The van der Waals surface area contributed by atoms with Crippen LogP contribution in [0.3, 0.4) is 0 Å². The van der Waals surface area contributed by atoms with Gasteiger partial charge in [-0.15, -0.1) is 0 Å². The molecule has 0 saturated carbocycles. The van der Waals surface area contributed by atoms with E-state index >= 15 is 0 Å². The highest BCUT2D eigenvalue weighted by Crippen LogP contribution is 2.30. The Hall–Kier alpha value is -2.43. The number of rotatable bonds is 4. The Kier molecular flexibility index (Phi) is 4.86. The van der Waals surface area contributed by atoms with Crippen molar-refractivity contribution in [2.75, 3.05) is 11.9 Å². The molecule has 10 heteroatoms. The maximum absolute atomic E-state index is 13.7. The molecule has 2 aromatic carbocycles. The number of amides is 1. The number of sulfonamides is 1. The van der Waals surface area contributed by atoms with Crippen LogP contribution in [0.2, 0.25) is 0 Å². The van der Waals surface area contributed by atoms with Gasteiger partial charge in [-0.2, -0.15) is 13.1 Å². The van der Waals surface area contributed by atoms with E-state index in [9.17, 15) is 17.6 Å². The summed E-state index contributed by atoms with van der Waals surface area (Å²) in [6, 6.07) is 8.28. The summed E-state index contributed by atoms with van der Waals surface area (Å²) in [4.78, 5) is 12.8. The first-order chi connectivity index (χ1) is 13.4. The van der Waals surface area contributed by atoms with Gasteiger partial charge in [0, 0.05) is 12.2 Å². The van der Waals surface area contributed by atoms with Gasteiger partial charge in [-0.05, 0) is 49.6 Å². The maximum atomic E-state index is 13.7. The van der Waals surface area contributed by atoms with Crippen LogP contribution in [0.4, 0.5) is 10.1 Å². The Bertz CT molecular complexity index is 1160. The number of benzene rings is 2. The average Bonchev–Trinajstić information content (AvgIpc) is 3.33. The van der Waals surface area contributed by atoms with E-state index in [0.29, 0.717) is 35.1 Å². The van der Waals surface area contributed by atoms with Crippen molar-refractivity contribution in [1.29, 1.82) is 0 Å². The number of aromatic nitrogens is 2. The maximum Gasteiger partial charge on any atom is 0.246 e. The van der Waals surface area contributed by atoms with Gasteiger partial charge in [0.15, 0.2) is 0 Å². The van der Waals surface area contributed by atoms with Crippen molar-refractivity contribution < 1.29 is 17.6 Å². The minimum absolute atomic E-state index is 0.0415. The van der Waals surface area contributed by atoms with Crippen molar-refractivity contribution in [2.45, 2.75) is 30.7 Å². The Morgan fingerprint density at radius 3 is 2.89 bits per heavy atom. The van der Waals surface area contributed by atoms with Crippen LogP contribution in [-0.2, 0) is 14.8 Å². The molecule has 2 heterocycles. The molecule has 1 atom stereocenters. The van der Waals surface area contributed by atoms with Crippen molar-refractivity contribution in [2.24, 2.45) is 0 Å². The third kappa shape index (κ3) is 3.27. The first-order valence-electron chi connectivity index (χ1n) is 8.68. The fraction of sp³-hybridized carbons (Fsp3) is 0.278. The molecule has 1 aliphatic rings. The summed E-state index contributed by atoms with van der Waals surface area (Å²) in [7, 11) is -3.93. The zero-order chi connectivity index (χ0) is 19.9. The number of anilines is 1. The minimum atomic E-state index is -3.93. The lowest BCUT2D eigenvalue weighted by atomic mass is 10.2. The van der Waals surface area contributed by atoms with Gasteiger partial charge in [0.2, 0.25) is 15.9 Å². The molecule has 1 unspecified atom stereocenters. The number of fused-ring (bicyclic) bond motifs is 1. The normalized spacial score (nSPS) is 17.9. The molecule has 7 nitrogen and oxygen atoms in total. The molecule has 1 aliphatic heterocycles. The van der Waals surface area contributed by atoms with Crippen molar-refractivity contribution in [3.8, 4) is 0 Å². The molecule has 0 bridgehead atoms. The predicted octanol–water partition coefficient (Wildman–Crippen LogP) is 2.93.